The number of hydrogen-bond acceptors (Lipinski definition) is 3. The van der Waals surface area contributed by atoms with Crippen LogP contribution in [-0.4, -0.2) is 29.3 Å². The quantitative estimate of drug-likeness (QED) is 0.894. The summed E-state index contributed by atoms with van der Waals surface area (Å²) in [5.41, 5.74) is 2.06. The van der Waals surface area contributed by atoms with E-state index in [1.54, 1.807) is 4.90 Å². The molecular formula is C19H22N2O2S. The maximum atomic E-state index is 12.6. The third-order valence-corrected chi connectivity index (χ3v) is 5.17. The number of nitrogens with zero attached hydrogens (tertiary/aromatic N) is 1. The SMILES string of the molecule is CCCc1ccc(NC(=O)C2CCCN2C(=O)c2cccs2)cc1. The van der Waals surface area contributed by atoms with E-state index in [9.17, 15) is 9.59 Å². The third-order valence-electron chi connectivity index (χ3n) is 4.31. The van der Waals surface area contributed by atoms with E-state index in [0.717, 1.165) is 31.4 Å². The number of benzene rings is 1. The van der Waals surface area contributed by atoms with Crippen molar-refractivity contribution in [2.24, 2.45) is 0 Å². The molecule has 2 heterocycles. The van der Waals surface area contributed by atoms with Gasteiger partial charge in [0, 0.05) is 12.2 Å². The van der Waals surface area contributed by atoms with Crippen LogP contribution in [-0.2, 0) is 11.2 Å². The summed E-state index contributed by atoms with van der Waals surface area (Å²) in [7, 11) is 0. The minimum atomic E-state index is -0.380. The van der Waals surface area contributed by atoms with Gasteiger partial charge in [-0.3, -0.25) is 9.59 Å². The summed E-state index contributed by atoms with van der Waals surface area (Å²) in [6, 6.07) is 11.3. The number of hydrogen-bond donors (Lipinski definition) is 1. The van der Waals surface area contributed by atoms with Gasteiger partial charge in [0.05, 0.1) is 4.88 Å². The lowest BCUT2D eigenvalue weighted by molar-refractivity contribution is -0.119. The standard InChI is InChI=1S/C19H22N2O2S/c1-2-5-14-8-10-15(11-9-14)20-18(22)16-6-3-12-21(16)19(23)17-7-4-13-24-17/h4,7-11,13,16H,2-3,5-6,12H2,1H3,(H,20,22). The molecule has 1 aromatic heterocycles. The zero-order valence-corrected chi connectivity index (χ0v) is 14.6. The second-order valence-corrected chi connectivity index (χ2v) is 7.02. The number of carbonyl (C=O) groups is 2. The van der Waals surface area contributed by atoms with E-state index in [2.05, 4.69) is 12.2 Å². The topological polar surface area (TPSA) is 49.4 Å². The van der Waals surface area contributed by atoms with Crippen molar-refractivity contribution >= 4 is 28.8 Å². The Morgan fingerprint density at radius 2 is 2.04 bits per heavy atom. The highest BCUT2D eigenvalue weighted by Gasteiger charge is 2.34. The molecule has 0 spiro atoms. The van der Waals surface area contributed by atoms with Crippen LogP contribution < -0.4 is 5.32 Å². The molecule has 2 aromatic rings. The van der Waals surface area contributed by atoms with Crippen molar-refractivity contribution in [3.05, 3.63) is 52.2 Å². The molecule has 0 saturated carbocycles. The maximum absolute atomic E-state index is 12.6. The van der Waals surface area contributed by atoms with Crippen LogP contribution in [0.4, 0.5) is 5.69 Å². The minimum absolute atomic E-state index is 0.0408. The first kappa shape index (κ1) is 16.7. The lowest BCUT2D eigenvalue weighted by atomic mass is 10.1. The molecule has 0 radical (unpaired) electrons. The van der Waals surface area contributed by atoms with Gasteiger partial charge in [0.2, 0.25) is 5.91 Å². The molecule has 1 fully saturated rings. The van der Waals surface area contributed by atoms with E-state index >= 15 is 0 Å². The Labute approximate surface area is 146 Å². The van der Waals surface area contributed by atoms with Gasteiger partial charge in [-0.25, -0.2) is 0 Å². The van der Waals surface area contributed by atoms with E-state index < -0.39 is 0 Å². The number of likely N-dealkylation sites (tertiary alicyclic amines) is 1. The average Bonchev–Trinajstić information content (AvgIpc) is 3.28. The molecule has 1 N–H and O–H groups in total. The van der Waals surface area contributed by atoms with Gasteiger partial charge in [-0.2, -0.15) is 0 Å². The second kappa shape index (κ2) is 7.62. The number of rotatable bonds is 5. The number of nitrogens with one attached hydrogen (secondary N) is 1. The van der Waals surface area contributed by atoms with Crippen LogP contribution in [0.1, 0.15) is 41.4 Å². The van der Waals surface area contributed by atoms with E-state index in [-0.39, 0.29) is 17.9 Å². The smallest absolute Gasteiger partial charge is 0.264 e. The first-order chi connectivity index (χ1) is 11.7. The van der Waals surface area contributed by atoms with Gasteiger partial charge < -0.3 is 10.2 Å². The van der Waals surface area contributed by atoms with Crippen LogP contribution in [0.2, 0.25) is 0 Å². The molecule has 0 bridgehead atoms. The van der Waals surface area contributed by atoms with Crippen LogP contribution in [0.5, 0.6) is 0 Å². The molecule has 126 valence electrons. The van der Waals surface area contributed by atoms with Crippen LogP contribution in [0.25, 0.3) is 0 Å². The van der Waals surface area contributed by atoms with Gasteiger partial charge >= 0.3 is 0 Å². The lowest BCUT2D eigenvalue weighted by Crippen LogP contribution is -2.42. The number of carbonyl (C=O) groups excluding carboxylic acids is 2. The van der Waals surface area contributed by atoms with Crippen LogP contribution in [0, 0.1) is 0 Å². The van der Waals surface area contributed by atoms with Crippen molar-refractivity contribution in [2.45, 2.75) is 38.6 Å². The van der Waals surface area contributed by atoms with E-state index in [4.69, 9.17) is 0 Å². The summed E-state index contributed by atoms with van der Waals surface area (Å²) in [5.74, 6) is -0.137. The fraction of sp³-hybridized carbons (Fsp3) is 0.368. The van der Waals surface area contributed by atoms with Crippen molar-refractivity contribution in [1.29, 1.82) is 0 Å². The normalized spacial score (nSPS) is 17.0. The van der Waals surface area contributed by atoms with Crippen molar-refractivity contribution in [3.63, 3.8) is 0 Å². The summed E-state index contributed by atoms with van der Waals surface area (Å²) in [5, 5.41) is 4.84. The Hall–Kier alpha value is -2.14. The van der Waals surface area contributed by atoms with Crippen LogP contribution in [0.3, 0.4) is 0 Å². The molecule has 2 amide bonds. The summed E-state index contributed by atoms with van der Waals surface area (Å²) in [4.78, 5) is 27.6. The van der Waals surface area contributed by atoms with Gasteiger partial charge in [-0.1, -0.05) is 31.5 Å². The number of thiophene rings is 1. The zero-order valence-electron chi connectivity index (χ0n) is 13.8. The molecule has 0 aliphatic carbocycles. The zero-order chi connectivity index (χ0) is 16.9. The largest absolute Gasteiger partial charge is 0.326 e. The number of anilines is 1. The predicted octanol–water partition coefficient (Wildman–Crippen LogP) is 3.94. The fourth-order valence-corrected chi connectivity index (χ4v) is 3.77. The highest BCUT2D eigenvalue weighted by Crippen LogP contribution is 2.23. The van der Waals surface area contributed by atoms with Crippen molar-refractivity contribution in [2.75, 3.05) is 11.9 Å². The van der Waals surface area contributed by atoms with Gasteiger partial charge in [-0.05, 0) is 48.4 Å². The Morgan fingerprint density at radius 3 is 2.71 bits per heavy atom. The summed E-state index contributed by atoms with van der Waals surface area (Å²) in [6.07, 6.45) is 3.73. The molecule has 24 heavy (non-hydrogen) atoms. The summed E-state index contributed by atoms with van der Waals surface area (Å²) < 4.78 is 0. The number of amides is 2. The Bertz CT molecular complexity index is 695. The summed E-state index contributed by atoms with van der Waals surface area (Å²) in [6.45, 7) is 2.79. The molecule has 1 aliphatic rings. The van der Waals surface area contributed by atoms with E-state index in [1.165, 1.54) is 16.9 Å². The highest BCUT2D eigenvalue weighted by atomic mass is 32.1. The maximum Gasteiger partial charge on any atom is 0.264 e. The monoisotopic (exact) mass is 342 g/mol. The first-order valence-electron chi connectivity index (χ1n) is 8.43. The Balaban J connectivity index is 1.66. The van der Waals surface area contributed by atoms with Crippen LogP contribution in [0.15, 0.2) is 41.8 Å². The minimum Gasteiger partial charge on any atom is -0.326 e. The van der Waals surface area contributed by atoms with Crippen molar-refractivity contribution in [3.8, 4) is 0 Å². The van der Waals surface area contributed by atoms with Crippen LogP contribution >= 0.6 is 11.3 Å². The van der Waals surface area contributed by atoms with E-state index in [1.807, 2.05) is 41.8 Å². The highest BCUT2D eigenvalue weighted by molar-refractivity contribution is 7.12. The number of aryl methyl sites for hydroxylation is 1. The summed E-state index contributed by atoms with van der Waals surface area (Å²) >= 11 is 1.42. The first-order valence-corrected chi connectivity index (χ1v) is 9.31. The molecule has 1 unspecified atom stereocenters. The fourth-order valence-electron chi connectivity index (χ4n) is 3.09. The van der Waals surface area contributed by atoms with Gasteiger partial charge in [0.1, 0.15) is 6.04 Å². The molecule has 3 rings (SSSR count). The molecule has 5 heteroatoms. The predicted molar refractivity (Wildman–Crippen MR) is 97.4 cm³/mol. The average molecular weight is 342 g/mol. The van der Waals surface area contributed by atoms with Gasteiger partial charge in [0.25, 0.3) is 5.91 Å². The molecule has 1 atom stereocenters. The van der Waals surface area contributed by atoms with E-state index in [0.29, 0.717) is 11.4 Å². The Kier molecular flexibility index (Phi) is 5.30. The molecule has 4 nitrogen and oxygen atoms in total. The van der Waals surface area contributed by atoms with Crippen molar-refractivity contribution in [1.82, 2.24) is 4.90 Å². The third kappa shape index (κ3) is 3.67. The molecule has 1 aromatic carbocycles. The van der Waals surface area contributed by atoms with Gasteiger partial charge in [0.15, 0.2) is 0 Å². The Morgan fingerprint density at radius 1 is 1.25 bits per heavy atom. The molecular weight excluding hydrogens is 320 g/mol. The lowest BCUT2D eigenvalue weighted by Gasteiger charge is -2.23. The second-order valence-electron chi connectivity index (χ2n) is 6.07. The molecule has 1 aliphatic heterocycles. The van der Waals surface area contributed by atoms with Crippen molar-refractivity contribution < 1.29 is 9.59 Å². The van der Waals surface area contributed by atoms with Gasteiger partial charge in [-0.15, -0.1) is 11.3 Å². The molecule has 1 saturated heterocycles.